The molecule has 0 amide bonds. The monoisotopic (exact) mass is 313 g/mol. The van der Waals surface area contributed by atoms with Crippen LogP contribution in [0.2, 0.25) is 5.02 Å². The molecule has 2 atom stereocenters. The molecule has 0 saturated heterocycles. The minimum atomic E-state index is 0.254. The minimum Gasteiger partial charge on any atom is -0.472 e. The highest BCUT2D eigenvalue weighted by molar-refractivity contribution is 6.35. The van der Waals surface area contributed by atoms with E-state index in [0.29, 0.717) is 6.04 Å². The topological polar surface area (TPSA) is 25.2 Å². The van der Waals surface area contributed by atoms with E-state index >= 15 is 0 Å². The normalized spacial score (nSPS) is 14.1. The zero-order valence-electron chi connectivity index (χ0n) is 12.8. The molecule has 22 heavy (non-hydrogen) atoms. The van der Waals surface area contributed by atoms with E-state index in [4.69, 9.17) is 16.0 Å². The molecule has 0 radical (unpaired) electrons. The number of rotatable bonds is 5. The number of halogens is 1. The zero-order chi connectivity index (χ0) is 15.5. The Morgan fingerprint density at radius 2 is 1.82 bits per heavy atom. The third kappa shape index (κ3) is 3.18. The molecule has 3 aromatic rings. The van der Waals surface area contributed by atoms with Crippen molar-refractivity contribution in [2.75, 3.05) is 0 Å². The lowest BCUT2D eigenvalue weighted by atomic mass is 9.98. The van der Waals surface area contributed by atoms with E-state index in [9.17, 15) is 0 Å². The van der Waals surface area contributed by atoms with Crippen LogP contribution in [0.15, 0.2) is 59.4 Å². The summed E-state index contributed by atoms with van der Waals surface area (Å²) in [4.78, 5) is 0. The van der Waals surface area contributed by atoms with Gasteiger partial charge in [0.1, 0.15) is 0 Å². The van der Waals surface area contributed by atoms with E-state index in [0.717, 1.165) is 16.8 Å². The Balaban J connectivity index is 1.80. The maximum atomic E-state index is 6.30. The fourth-order valence-corrected chi connectivity index (χ4v) is 3.23. The summed E-state index contributed by atoms with van der Waals surface area (Å²) in [6.45, 7) is 4.39. The summed E-state index contributed by atoms with van der Waals surface area (Å²) < 4.78 is 5.13. The van der Waals surface area contributed by atoms with Crippen LogP contribution < -0.4 is 5.32 Å². The van der Waals surface area contributed by atoms with Gasteiger partial charge in [0, 0.05) is 22.5 Å². The molecule has 0 spiro atoms. The van der Waals surface area contributed by atoms with Gasteiger partial charge in [-0.25, -0.2) is 0 Å². The van der Waals surface area contributed by atoms with Crippen LogP contribution in [0.4, 0.5) is 0 Å². The lowest BCUT2D eigenvalue weighted by Crippen LogP contribution is -2.30. The van der Waals surface area contributed by atoms with Gasteiger partial charge in [0.25, 0.3) is 0 Å². The van der Waals surface area contributed by atoms with E-state index in [2.05, 4.69) is 43.4 Å². The fourth-order valence-electron chi connectivity index (χ4n) is 3.00. The van der Waals surface area contributed by atoms with Crippen molar-refractivity contribution in [1.29, 1.82) is 0 Å². The Morgan fingerprint density at radius 1 is 1.05 bits per heavy atom. The fraction of sp³-hybridized carbons (Fsp3) is 0.263. The van der Waals surface area contributed by atoms with Gasteiger partial charge in [-0.1, -0.05) is 41.9 Å². The number of fused-ring (bicyclic) bond motifs is 1. The highest BCUT2D eigenvalue weighted by Gasteiger charge is 2.14. The minimum absolute atomic E-state index is 0.254. The first-order valence-electron chi connectivity index (χ1n) is 7.59. The predicted molar refractivity (Wildman–Crippen MR) is 92.4 cm³/mol. The number of benzene rings is 2. The molecule has 1 N–H and O–H groups in total. The highest BCUT2D eigenvalue weighted by atomic mass is 35.5. The Bertz CT molecular complexity index is 751. The van der Waals surface area contributed by atoms with Crippen molar-refractivity contribution in [2.24, 2.45) is 0 Å². The Kier molecular flexibility index (Phi) is 4.51. The molecule has 0 aliphatic carbocycles. The van der Waals surface area contributed by atoms with Gasteiger partial charge >= 0.3 is 0 Å². The van der Waals surface area contributed by atoms with Gasteiger partial charge in [-0.2, -0.15) is 0 Å². The summed E-state index contributed by atoms with van der Waals surface area (Å²) in [7, 11) is 0. The van der Waals surface area contributed by atoms with Crippen LogP contribution in [-0.4, -0.2) is 6.04 Å². The van der Waals surface area contributed by atoms with Gasteiger partial charge in [0.05, 0.1) is 12.5 Å². The van der Waals surface area contributed by atoms with E-state index in [1.165, 1.54) is 16.5 Å². The summed E-state index contributed by atoms with van der Waals surface area (Å²) in [5.74, 6) is 0. The maximum absolute atomic E-state index is 6.30. The Labute approximate surface area is 136 Å². The van der Waals surface area contributed by atoms with E-state index in [1.807, 2.05) is 18.2 Å². The first-order chi connectivity index (χ1) is 10.6. The van der Waals surface area contributed by atoms with Crippen molar-refractivity contribution in [3.63, 3.8) is 0 Å². The summed E-state index contributed by atoms with van der Waals surface area (Å²) in [6.07, 6.45) is 4.48. The number of hydrogen-bond acceptors (Lipinski definition) is 2. The first-order valence-corrected chi connectivity index (χ1v) is 7.97. The number of nitrogens with one attached hydrogen (secondary N) is 1. The van der Waals surface area contributed by atoms with Crippen molar-refractivity contribution in [3.05, 3.63) is 71.1 Å². The van der Waals surface area contributed by atoms with Crippen molar-refractivity contribution in [2.45, 2.75) is 32.4 Å². The van der Waals surface area contributed by atoms with E-state index in [1.54, 1.807) is 12.5 Å². The average Bonchev–Trinajstić information content (AvgIpc) is 3.00. The molecule has 2 unspecified atom stereocenters. The van der Waals surface area contributed by atoms with Crippen molar-refractivity contribution in [3.8, 4) is 0 Å². The molecule has 3 heteroatoms. The van der Waals surface area contributed by atoms with Crippen LogP contribution >= 0.6 is 11.6 Å². The second-order valence-electron chi connectivity index (χ2n) is 5.81. The predicted octanol–water partition coefficient (Wildman–Crippen LogP) is 5.37. The average molecular weight is 314 g/mol. The molecule has 2 aromatic carbocycles. The van der Waals surface area contributed by atoms with Gasteiger partial charge in [0.2, 0.25) is 0 Å². The molecule has 0 aliphatic heterocycles. The molecule has 0 fully saturated rings. The van der Waals surface area contributed by atoms with Gasteiger partial charge < -0.3 is 9.73 Å². The third-order valence-corrected chi connectivity index (χ3v) is 4.36. The molecular weight excluding hydrogens is 294 g/mol. The van der Waals surface area contributed by atoms with Crippen molar-refractivity contribution < 1.29 is 4.42 Å². The van der Waals surface area contributed by atoms with Gasteiger partial charge in [-0.05, 0) is 48.9 Å². The number of hydrogen-bond donors (Lipinski definition) is 1. The maximum Gasteiger partial charge on any atom is 0.0935 e. The highest BCUT2D eigenvalue weighted by Crippen LogP contribution is 2.30. The summed E-state index contributed by atoms with van der Waals surface area (Å²) in [5.41, 5.74) is 2.49. The summed E-state index contributed by atoms with van der Waals surface area (Å²) in [5, 5.41) is 6.79. The molecule has 2 nitrogen and oxygen atoms in total. The van der Waals surface area contributed by atoms with Crippen LogP contribution in [0, 0.1) is 0 Å². The lowest BCUT2D eigenvalue weighted by Gasteiger charge is -2.21. The third-order valence-electron chi connectivity index (χ3n) is 4.03. The van der Waals surface area contributed by atoms with Gasteiger partial charge in [0.15, 0.2) is 0 Å². The molecule has 0 saturated carbocycles. The second kappa shape index (κ2) is 6.55. The second-order valence-corrected chi connectivity index (χ2v) is 6.21. The molecule has 1 aromatic heterocycles. The summed E-state index contributed by atoms with van der Waals surface area (Å²) >= 11 is 6.30. The first kappa shape index (κ1) is 15.1. The standard InChI is InChI=1S/C19H20ClNO/c1-13(11-15-9-10-22-12-15)21-14(2)16-7-8-19(20)18-6-4-3-5-17(16)18/h3-10,12-14,21H,11H2,1-2H3. The van der Waals surface area contributed by atoms with Crippen LogP contribution in [0.5, 0.6) is 0 Å². The van der Waals surface area contributed by atoms with Crippen molar-refractivity contribution >= 4 is 22.4 Å². The Morgan fingerprint density at radius 3 is 2.55 bits per heavy atom. The molecule has 114 valence electrons. The molecule has 0 aliphatic rings. The molecule has 0 bridgehead atoms. The Hall–Kier alpha value is -1.77. The molecular formula is C19H20ClNO. The quantitative estimate of drug-likeness (QED) is 0.685. The van der Waals surface area contributed by atoms with E-state index in [-0.39, 0.29) is 6.04 Å². The SMILES string of the molecule is CC(Cc1ccoc1)NC(C)c1ccc(Cl)c2ccccc12. The smallest absolute Gasteiger partial charge is 0.0935 e. The lowest BCUT2D eigenvalue weighted by molar-refractivity contribution is 0.476. The molecule has 3 rings (SSSR count). The van der Waals surface area contributed by atoms with E-state index < -0.39 is 0 Å². The van der Waals surface area contributed by atoms with Crippen LogP contribution in [-0.2, 0) is 6.42 Å². The van der Waals surface area contributed by atoms with Crippen molar-refractivity contribution in [1.82, 2.24) is 5.32 Å². The van der Waals surface area contributed by atoms with Crippen LogP contribution in [0.3, 0.4) is 0 Å². The number of furan rings is 1. The molecule has 1 heterocycles. The van der Waals surface area contributed by atoms with Crippen LogP contribution in [0.1, 0.15) is 31.0 Å². The zero-order valence-corrected chi connectivity index (χ0v) is 13.6. The van der Waals surface area contributed by atoms with Crippen LogP contribution in [0.25, 0.3) is 10.8 Å². The largest absolute Gasteiger partial charge is 0.472 e. The van der Waals surface area contributed by atoms with Gasteiger partial charge in [-0.3, -0.25) is 0 Å². The van der Waals surface area contributed by atoms with Gasteiger partial charge in [-0.15, -0.1) is 0 Å². The summed E-state index contributed by atoms with van der Waals surface area (Å²) in [6, 6.07) is 15.0.